The van der Waals surface area contributed by atoms with Crippen molar-refractivity contribution in [3.8, 4) is 5.75 Å². The number of amides is 1. The van der Waals surface area contributed by atoms with Crippen LogP contribution in [0.25, 0.3) is 0 Å². The minimum atomic E-state index is -0.287. The average Bonchev–Trinajstić information content (AvgIpc) is 2.81. The molecule has 0 aliphatic carbocycles. The normalized spacial score (nSPS) is 16.4. The van der Waals surface area contributed by atoms with Crippen molar-refractivity contribution >= 4 is 23.4 Å². The summed E-state index contributed by atoms with van der Waals surface area (Å²) in [7, 11) is 3.63. The number of fused-ring (bicyclic) bond motifs is 1. The van der Waals surface area contributed by atoms with Crippen molar-refractivity contribution in [2.45, 2.75) is 39.5 Å². The van der Waals surface area contributed by atoms with E-state index < -0.39 is 0 Å². The topological polar surface area (TPSA) is 70.6 Å². The Bertz CT molecular complexity index is 1150. The van der Waals surface area contributed by atoms with E-state index in [1.54, 1.807) is 24.1 Å². The molecule has 0 saturated carbocycles. The van der Waals surface area contributed by atoms with Crippen LogP contribution >= 0.6 is 0 Å². The van der Waals surface area contributed by atoms with Gasteiger partial charge in [-0.3, -0.25) is 4.79 Å². The molecule has 0 spiro atoms. The van der Waals surface area contributed by atoms with E-state index in [-0.39, 0.29) is 23.8 Å². The minimum Gasteiger partial charge on any atom is -0.489 e. The minimum absolute atomic E-state index is 0.0208. The number of ether oxygens (including phenoxy) is 1. The monoisotopic (exact) mass is 449 g/mol. The van der Waals surface area contributed by atoms with Crippen molar-refractivity contribution in [2.24, 2.45) is 0 Å². The van der Waals surface area contributed by atoms with Crippen LogP contribution in [0.4, 0.5) is 21.8 Å². The Labute approximate surface area is 193 Å². The van der Waals surface area contributed by atoms with Gasteiger partial charge in [0.15, 0.2) is 5.82 Å². The number of likely N-dealkylation sites (N-methyl/N-ethyl adjacent to an activating group) is 2. The van der Waals surface area contributed by atoms with Gasteiger partial charge in [0.05, 0.1) is 11.7 Å². The molecule has 1 amide bonds. The van der Waals surface area contributed by atoms with Gasteiger partial charge in [0.1, 0.15) is 29.9 Å². The molecule has 1 N–H and O–H groups in total. The third kappa shape index (κ3) is 4.60. The van der Waals surface area contributed by atoms with Gasteiger partial charge >= 0.3 is 0 Å². The summed E-state index contributed by atoms with van der Waals surface area (Å²) in [6, 6.07) is 13.7. The fourth-order valence-corrected chi connectivity index (χ4v) is 3.87. The van der Waals surface area contributed by atoms with Gasteiger partial charge in [0.25, 0.3) is 0 Å². The van der Waals surface area contributed by atoms with Crippen LogP contribution in [0.3, 0.4) is 0 Å². The zero-order chi connectivity index (χ0) is 23.7. The Balaban J connectivity index is 1.45. The summed E-state index contributed by atoms with van der Waals surface area (Å²) in [5, 5.41) is 3.36. The van der Waals surface area contributed by atoms with Gasteiger partial charge in [-0.25, -0.2) is 9.37 Å². The Morgan fingerprint density at radius 1 is 1.09 bits per heavy atom. The quantitative estimate of drug-likeness (QED) is 0.599. The van der Waals surface area contributed by atoms with E-state index in [1.807, 2.05) is 57.0 Å². The summed E-state index contributed by atoms with van der Waals surface area (Å²) in [5.74, 6) is 1.74. The van der Waals surface area contributed by atoms with Gasteiger partial charge < -0.3 is 19.9 Å². The lowest BCUT2D eigenvalue weighted by atomic mass is 10.1. The number of hydrogen-bond donors (Lipinski definition) is 1. The Morgan fingerprint density at radius 3 is 2.42 bits per heavy atom. The van der Waals surface area contributed by atoms with E-state index in [4.69, 9.17) is 9.72 Å². The molecule has 0 bridgehead atoms. The van der Waals surface area contributed by atoms with E-state index >= 15 is 0 Å². The molecule has 33 heavy (non-hydrogen) atoms. The fourth-order valence-electron chi connectivity index (χ4n) is 3.87. The molecule has 7 nitrogen and oxygen atoms in total. The fraction of sp³-hybridized carbons (Fsp3) is 0.320. The molecule has 2 atom stereocenters. The Kier molecular flexibility index (Phi) is 6.18. The van der Waals surface area contributed by atoms with Crippen molar-refractivity contribution in [1.82, 2.24) is 9.97 Å². The van der Waals surface area contributed by atoms with Gasteiger partial charge in [-0.1, -0.05) is 24.3 Å². The second kappa shape index (κ2) is 9.05. The first-order chi connectivity index (χ1) is 15.7. The summed E-state index contributed by atoms with van der Waals surface area (Å²) in [6.45, 7) is 6.17. The average molecular weight is 450 g/mol. The number of aryl methyl sites for hydroxylation is 1. The van der Waals surface area contributed by atoms with Gasteiger partial charge in [-0.05, 0) is 56.2 Å². The maximum atomic E-state index is 13.0. The number of hydrogen-bond acceptors (Lipinski definition) is 6. The van der Waals surface area contributed by atoms with Crippen LogP contribution in [-0.4, -0.2) is 36.0 Å². The lowest BCUT2D eigenvalue weighted by Crippen LogP contribution is -2.49. The highest BCUT2D eigenvalue weighted by Gasteiger charge is 2.34. The van der Waals surface area contributed by atoms with Crippen molar-refractivity contribution in [2.75, 3.05) is 29.2 Å². The zero-order valence-corrected chi connectivity index (χ0v) is 19.5. The number of anilines is 3. The Hall–Kier alpha value is -3.68. The molecule has 1 aliphatic rings. The largest absolute Gasteiger partial charge is 0.489 e. The first-order valence-electron chi connectivity index (χ1n) is 10.9. The SMILES string of the molecule is Cc1nc(NC(C)c2ccc(OCc3ccc(F)cc3)cc2)nc2c1N(C)C(=O)[C@H](C)N2C. The highest BCUT2D eigenvalue weighted by Crippen LogP contribution is 2.36. The van der Waals surface area contributed by atoms with Crippen LogP contribution in [0.1, 0.15) is 36.7 Å². The van der Waals surface area contributed by atoms with Gasteiger partial charge in [0, 0.05) is 14.1 Å². The second-order valence-corrected chi connectivity index (χ2v) is 8.34. The molecular weight excluding hydrogens is 421 g/mol. The number of carbonyl (C=O) groups excluding carboxylic acids is 1. The molecular formula is C25H28FN5O2. The van der Waals surface area contributed by atoms with Gasteiger partial charge in [-0.2, -0.15) is 4.98 Å². The molecule has 1 aromatic heterocycles. The van der Waals surface area contributed by atoms with Crippen molar-refractivity contribution in [3.05, 3.63) is 71.2 Å². The lowest BCUT2D eigenvalue weighted by molar-refractivity contribution is -0.119. The number of rotatable bonds is 6. The van der Waals surface area contributed by atoms with Crippen LogP contribution in [0.5, 0.6) is 5.75 Å². The first-order valence-corrected chi connectivity index (χ1v) is 10.9. The highest BCUT2D eigenvalue weighted by atomic mass is 19.1. The van der Waals surface area contributed by atoms with E-state index in [0.717, 1.165) is 34.1 Å². The third-order valence-corrected chi connectivity index (χ3v) is 6.02. The van der Waals surface area contributed by atoms with E-state index in [2.05, 4.69) is 10.3 Å². The summed E-state index contributed by atoms with van der Waals surface area (Å²) in [6.07, 6.45) is 0. The zero-order valence-electron chi connectivity index (χ0n) is 19.5. The maximum absolute atomic E-state index is 13.0. The number of halogens is 1. The molecule has 3 aromatic rings. The third-order valence-electron chi connectivity index (χ3n) is 6.02. The van der Waals surface area contributed by atoms with Crippen LogP contribution in [-0.2, 0) is 11.4 Å². The molecule has 1 aliphatic heterocycles. The molecule has 4 rings (SSSR count). The maximum Gasteiger partial charge on any atom is 0.249 e. The van der Waals surface area contributed by atoms with Crippen LogP contribution in [0.2, 0.25) is 0 Å². The summed E-state index contributed by atoms with van der Waals surface area (Å²) in [5.41, 5.74) is 3.44. The molecule has 8 heteroatoms. The second-order valence-electron chi connectivity index (χ2n) is 8.34. The van der Waals surface area contributed by atoms with Crippen LogP contribution in [0.15, 0.2) is 48.5 Å². The number of carbonyl (C=O) groups is 1. The molecule has 0 fully saturated rings. The predicted octanol–water partition coefficient (Wildman–Crippen LogP) is 4.48. The van der Waals surface area contributed by atoms with E-state index in [1.165, 1.54) is 12.1 Å². The van der Waals surface area contributed by atoms with Gasteiger partial charge in [-0.15, -0.1) is 0 Å². The standard InChI is InChI=1S/C25H28FN5O2/c1-15(19-8-12-21(13-9-19)33-14-18-6-10-20(26)11-7-18)27-25-28-16(2)22-23(29-25)30(4)17(3)24(32)31(22)5/h6-13,15,17H,14H2,1-5H3,(H,27,28,29)/t15?,17-/m0/s1. The molecule has 2 aromatic carbocycles. The summed E-state index contributed by atoms with van der Waals surface area (Å²) in [4.78, 5) is 25.3. The number of aromatic nitrogens is 2. The van der Waals surface area contributed by atoms with Crippen molar-refractivity contribution in [1.29, 1.82) is 0 Å². The molecule has 0 saturated heterocycles. The predicted molar refractivity (Wildman–Crippen MR) is 127 cm³/mol. The number of nitrogens with one attached hydrogen (secondary N) is 1. The first kappa shape index (κ1) is 22.5. The van der Waals surface area contributed by atoms with Crippen molar-refractivity contribution in [3.63, 3.8) is 0 Å². The van der Waals surface area contributed by atoms with Crippen molar-refractivity contribution < 1.29 is 13.9 Å². The van der Waals surface area contributed by atoms with Crippen LogP contribution < -0.4 is 19.9 Å². The Morgan fingerprint density at radius 2 is 1.76 bits per heavy atom. The highest BCUT2D eigenvalue weighted by molar-refractivity contribution is 6.04. The molecule has 2 heterocycles. The van der Waals surface area contributed by atoms with E-state index in [9.17, 15) is 9.18 Å². The molecule has 1 unspecified atom stereocenters. The van der Waals surface area contributed by atoms with Gasteiger partial charge in [0.2, 0.25) is 11.9 Å². The smallest absolute Gasteiger partial charge is 0.249 e. The molecule has 0 radical (unpaired) electrons. The molecule has 172 valence electrons. The summed E-state index contributed by atoms with van der Waals surface area (Å²) < 4.78 is 18.8. The van der Waals surface area contributed by atoms with E-state index in [0.29, 0.717) is 12.6 Å². The number of benzene rings is 2. The summed E-state index contributed by atoms with van der Waals surface area (Å²) >= 11 is 0. The number of nitrogens with zero attached hydrogens (tertiary/aromatic N) is 4. The lowest BCUT2D eigenvalue weighted by Gasteiger charge is -2.37. The van der Waals surface area contributed by atoms with Crippen LogP contribution in [0, 0.1) is 12.7 Å².